The van der Waals surface area contributed by atoms with E-state index in [9.17, 15) is 4.39 Å². The zero-order chi connectivity index (χ0) is 15.3. The van der Waals surface area contributed by atoms with Crippen LogP contribution in [0.2, 0.25) is 0 Å². The van der Waals surface area contributed by atoms with Crippen LogP contribution in [-0.2, 0) is 6.54 Å². The van der Waals surface area contributed by atoms with Gasteiger partial charge in [-0.05, 0) is 36.4 Å². The summed E-state index contributed by atoms with van der Waals surface area (Å²) < 4.78 is 14.3. The molecule has 1 aromatic carbocycles. The van der Waals surface area contributed by atoms with Gasteiger partial charge in [-0.15, -0.1) is 0 Å². The minimum Gasteiger partial charge on any atom is -0.369 e. The van der Waals surface area contributed by atoms with E-state index in [-0.39, 0.29) is 5.82 Å². The first kappa shape index (κ1) is 16.3. The predicted octanol–water partition coefficient (Wildman–Crippen LogP) is 4.34. The SMILES string of the molecule is CCNCc1cccc(F)c1N1CCC(CC)(CC)CC1. The van der Waals surface area contributed by atoms with Gasteiger partial charge in [-0.25, -0.2) is 4.39 Å². The molecule has 0 aromatic heterocycles. The molecule has 1 fully saturated rings. The van der Waals surface area contributed by atoms with Crippen LogP contribution in [0.15, 0.2) is 18.2 Å². The third-order valence-electron chi connectivity index (χ3n) is 5.28. The first-order chi connectivity index (χ1) is 10.2. The molecule has 1 saturated heterocycles. The number of halogens is 1. The van der Waals surface area contributed by atoms with E-state index in [4.69, 9.17) is 0 Å². The largest absolute Gasteiger partial charge is 0.369 e. The molecule has 0 atom stereocenters. The van der Waals surface area contributed by atoms with Crippen molar-refractivity contribution in [3.63, 3.8) is 0 Å². The molecule has 1 aliphatic rings. The molecule has 1 heterocycles. The van der Waals surface area contributed by atoms with Crippen molar-refractivity contribution < 1.29 is 4.39 Å². The van der Waals surface area contributed by atoms with E-state index in [2.05, 4.69) is 31.0 Å². The number of hydrogen-bond donors (Lipinski definition) is 1. The van der Waals surface area contributed by atoms with E-state index in [1.54, 1.807) is 6.07 Å². The molecule has 21 heavy (non-hydrogen) atoms. The summed E-state index contributed by atoms with van der Waals surface area (Å²) >= 11 is 0. The minimum atomic E-state index is -0.0779. The van der Waals surface area contributed by atoms with Gasteiger partial charge in [-0.3, -0.25) is 0 Å². The highest BCUT2D eigenvalue weighted by atomic mass is 19.1. The Labute approximate surface area is 128 Å². The molecule has 2 rings (SSSR count). The average Bonchev–Trinajstić information content (AvgIpc) is 2.53. The van der Waals surface area contributed by atoms with Crippen LogP contribution in [0.3, 0.4) is 0 Å². The Morgan fingerprint density at radius 2 is 1.81 bits per heavy atom. The lowest BCUT2D eigenvalue weighted by atomic mass is 9.74. The Morgan fingerprint density at radius 1 is 1.14 bits per heavy atom. The summed E-state index contributed by atoms with van der Waals surface area (Å²) in [7, 11) is 0. The number of anilines is 1. The fraction of sp³-hybridized carbons (Fsp3) is 0.667. The normalized spacial score (nSPS) is 18.0. The van der Waals surface area contributed by atoms with E-state index < -0.39 is 0 Å². The monoisotopic (exact) mass is 292 g/mol. The van der Waals surface area contributed by atoms with E-state index >= 15 is 0 Å². The first-order valence-corrected chi connectivity index (χ1v) is 8.39. The molecule has 0 unspecified atom stereocenters. The molecule has 0 amide bonds. The number of benzene rings is 1. The van der Waals surface area contributed by atoms with Crippen molar-refractivity contribution in [2.24, 2.45) is 5.41 Å². The zero-order valence-corrected chi connectivity index (χ0v) is 13.7. The number of rotatable bonds is 6. The molecule has 0 saturated carbocycles. The second kappa shape index (κ2) is 7.26. The minimum absolute atomic E-state index is 0.0779. The van der Waals surface area contributed by atoms with Crippen LogP contribution in [0.4, 0.5) is 10.1 Å². The fourth-order valence-electron chi connectivity index (χ4n) is 3.48. The Hall–Kier alpha value is -1.09. The van der Waals surface area contributed by atoms with Gasteiger partial charge in [-0.2, -0.15) is 0 Å². The maximum absolute atomic E-state index is 14.3. The molecule has 0 bridgehead atoms. The van der Waals surface area contributed by atoms with Crippen molar-refractivity contribution in [1.82, 2.24) is 5.32 Å². The van der Waals surface area contributed by atoms with Crippen LogP contribution < -0.4 is 10.2 Å². The summed E-state index contributed by atoms with van der Waals surface area (Å²) in [6.07, 6.45) is 4.82. The van der Waals surface area contributed by atoms with Crippen LogP contribution in [0, 0.1) is 11.2 Å². The van der Waals surface area contributed by atoms with Crippen LogP contribution in [0.1, 0.15) is 52.0 Å². The number of piperidine rings is 1. The van der Waals surface area contributed by atoms with Gasteiger partial charge in [0.25, 0.3) is 0 Å². The van der Waals surface area contributed by atoms with E-state index in [1.165, 1.54) is 25.7 Å². The van der Waals surface area contributed by atoms with Crippen molar-refractivity contribution in [1.29, 1.82) is 0 Å². The van der Waals surface area contributed by atoms with Gasteiger partial charge in [0.15, 0.2) is 0 Å². The highest BCUT2D eigenvalue weighted by Gasteiger charge is 2.32. The molecular formula is C18H29FN2. The topological polar surface area (TPSA) is 15.3 Å². The molecule has 1 aromatic rings. The summed E-state index contributed by atoms with van der Waals surface area (Å²) in [6.45, 7) is 10.3. The summed E-state index contributed by atoms with van der Waals surface area (Å²) in [4.78, 5) is 2.26. The lowest BCUT2D eigenvalue weighted by molar-refractivity contribution is 0.199. The molecule has 0 aliphatic carbocycles. The number of nitrogens with zero attached hydrogens (tertiary/aromatic N) is 1. The fourth-order valence-corrected chi connectivity index (χ4v) is 3.48. The second-order valence-corrected chi connectivity index (χ2v) is 6.22. The quantitative estimate of drug-likeness (QED) is 0.839. The van der Waals surface area contributed by atoms with Crippen LogP contribution in [0.5, 0.6) is 0 Å². The Bertz CT molecular complexity index is 445. The van der Waals surface area contributed by atoms with Crippen molar-refractivity contribution in [3.8, 4) is 0 Å². The van der Waals surface area contributed by atoms with E-state index in [0.29, 0.717) is 5.41 Å². The zero-order valence-electron chi connectivity index (χ0n) is 13.7. The smallest absolute Gasteiger partial charge is 0.146 e. The highest BCUT2D eigenvalue weighted by molar-refractivity contribution is 5.55. The van der Waals surface area contributed by atoms with Crippen LogP contribution >= 0.6 is 0 Å². The van der Waals surface area contributed by atoms with Gasteiger partial charge in [0.1, 0.15) is 5.82 Å². The molecule has 0 radical (unpaired) electrons. The second-order valence-electron chi connectivity index (χ2n) is 6.22. The average molecular weight is 292 g/mol. The van der Waals surface area contributed by atoms with Gasteiger partial charge >= 0.3 is 0 Å². The van der Waals surface area contributed by atoms with E-state index in [0.717, 1.165) is 37.4 Å². The predicted molar refractivity (Wildman–Crippen MR) is 88.2 cm³/mol. The molecular weight excluding hydrogens is 263 g/mol. The van der Waals surface area contributed by atoms with E-state index in [1.807, 2.05) is 12.1 Å². The van der Waals surface area contributed by atoms with Crippen molar-refractivity contribution >= 4 is 5.69 Å². The lowest BCUT2D eigenvalue weighted by Crippen LogP contribution is -2.40. The van der Waals surface area contributed by atoms with Gasteiger partial charge in [-0.1, -0.05) is 45.7 Å². The Kier molecular flexibility index (Phi) is 5.63. The number of nitrogens with one attached hydrogen (secondary N) is 1. The molecule has 2 nitrogen and oxygen atoms in total. The molecule has 118 valence electrons. The summed E-state index contributed by atoms with van der Waals surface area (Å²) in [5.41, 5.74) is 2.38. The van der Waals surface area contributed by atoms with Crippen LogP contribution in [0.25, 0.3) is 0 Å². The van der Waals surface area contributed by atoms with Gasteiger partial charge in [0.2, 0.25) is 0 Å². The van der Waals surface area contributed by atoms with Crippen molar-refractivity contribution in [2.45, 2.75) is 53.0 Å². The molecule has 0 spiro atoms. The Balaban J connectivity index is 2.16. The summed E-state index contributed by atoms with van der Waals surface area (Å²) in [5, 5.41) is 3.32. The third kappa shape index (κ3) is 3.57. The van der Waals surface area contributed by atoms with Crippen molar-refractivity contribution in [3.05, 3.63) is 29.6 Å². The van der Waals surface area contributed by atoms with Gasteiger partial charge in [0, 0.05) is 19.6 Å². The van der Waals surface area contributed by atoms with Gasteiger partial charge < -0.3 is 10.2 Å². The molecule has 1 aliphatic heterocycles. The molecule has 3 heteroatoms. The molecule has 1 N–H and O–H groups in total. The Morgan fingerprint density at radius 3 is 2.38 bits per heavy atom. The highest BCUT2D eigenvalue weighted by Crippen LogP contribution is 2.40. The number of hydrogen-bond acceptors (Lipinski definition) is 2. The lowest BCUT2D eigenvalue weighted by Gasteiger charge is -2.42. The van der Waals surface area contributed by atoms with Crippen molar-refractivity contribution in [2.75, 3.05) is 24.5 Å². The standard InChI is InChI=1S/C18H29FN2/c1-4-18(5-2)10-12-21(13-11-18)17-15(14-20-6-3)8-7-9-16(17)19/h7-9,20H,4-6,10-14H2,1-3H3. The number of para-hydroxylation sites is 1. The van der Waals surface area contributed by atoms with Gasteiger partial charge in [0.05, 0.1) is 5.69 Å². The summed E-state index contributed by atoms with van der Waals surface area (Å²) in [5.74, 6) is -0.0779. The maximum Gasteiger partial charge on any atom is 0.146 e. The maximum atomic E-state index is 14.3. The van der Waals surface area contributed by atoms with Crippen LogP contribution in [-0.4, -0.2) is 19.6 Å². The first-order valence-electron chi connectivity index (χ1n) is 8.39. The third-order valence-corrected chi connectivity index (χ3v) is 5.28. The summed E-state index contributed by atoms with van der Waals surface area (Å²) in [6, 6.07) is 5.45.